The molecule has 0 aliphatic rings. The van der Waals surface area contributed by atoms with Crippen molar-refractivity contribution in [2.75, 3.05) is 0 Å². The summed E-state index contributed by atoms with van der Waals surface area (Å²) in [7, 11) is 0. The zero-order valence-corrected chi connectivity index (χ0v) is 14.7. The van der Waals surface area contributed by atoms with Crippen molar-refractivity contribution < 1.29 is 4.92 Å². The molecule has 1 N–H and O–H groups in total. The molecule has 0 atom stereocenters. The lowest BCUT2D eigenvalue weighted by molar-refractivity contribution is -0.384. The molecule has 2 aromatic heterocycles. The van der Waals surface area contributed by atoms with Gasteiger partial charge in [-0.3, -0.25) is 20.0 Å². The fraction of sp³-hybridized carbons (Fsp3) is 0. The number of hydrogen-bond donors (Lipinski definition) is 1. The van der Waals surface area contributed by atoms with E-state index in [2.05, 4.69) is 10.1 Å². The topological polar surface area (TPSA) is 141 Å². The molecular weight excluding hydrogens is 372 g/mol. The summed E-state index contributed by atoms with van der Waals surface area (Å²) in [6.45, 7) is 0. The third-order valence-electron chi connectivity index (χ3n) is 4.43. The van der Waals surface area contributed by atoms with Crippen LogP contribution in [0.2, 0.25) is 0 Å². The van der Waals surface area contributed by atoms with Crippen LogP contribution in [0, 0.1) is 32.8 Å². The van der Waals surface area contributed by atoms with Crippen LogP contribution in [0.4, 0.5) is 5.69 Å². The molecule has 0 fully saturated rings. The summed E-state index contributed by atoms with van der Waals surface area (Å²) in [5, 5.41) is 33.1. The molecule has 4 aromatic rings. The lowest BCUT2D eigenvalue weighted by Crippen LogP contribution is -2.20. The van der Waals surface area contributed by atoms with E-state index in [1.807, 2.05) is 18.2 Å². The van der Waals surface area contributed by atoms with E-state index < -0.39 is 10.5 Å². The fourth-order valence-corrected chi connectivity index (χ4v) is 3.08. The Kier molecular flexibility index (Phi) is 4.11. The van der Waals surface area contributed by atoms with Gasteiger partial charge in [-0.1, -0.05) is 30.3 Å². The number of fused-ring (bicyclic) bond motifs is 1. The molecule has 9 nitrogen and oxygen atoms in total. The molecule has 0 spiro atoms. The van der Waals surface area contributed by atoms with Gasteiger partial charge in [-0.2, -0.15) is 15.0 Å². The number of nitro benzene ring substituents is 1. The molecule has 2 aromatic carbocycles. The molecule has 0 bridgehead atoms. The van der Waals surface area contributed by atoms with Crippen LogP contribution in [0.1, 0.15) is 11.1 Å². The zero-order chi connectivity index (χ0) is 20.5. The van der Waals surface area contributed by atoms with Crippen LogP contribution in [0.25, 0.3) is 28.2 Å². The molecule has 0 aliphatic carbocycles. The van der Waals surface area contributed by atoms with Gasteiger partial charge in [-0.25, -0.2) is 4.98 Å². The van der Waals surface area contributed by atoms with Crippen LogP contribution >= 0.6 is 0 Å². The fourth-order valence-electron chi connectivity index (χ4n) is 3.08. The van der Waals surface area contributed by atoms with E-state index in [1.54, 1.807) is 24.3 Å². The second-order valence-corrected chi connectivity index (χ2v) is 6.05. The van der Waals surface area contributed by atoms with Crippen molar-refractivity contribution in [3.8, 4) is 34.7 Å². The maximum absolute atomic E-state index is 12.9. The smallest absolute Gasteiger partial charge is 0.272 e. The van der Waals surface area contributed by atoms with Crippen molar-refractivity contribution in [1.82, 2.24) is 14.6 Å². The molecule has 0 amide bonds. The highest BCUT2D eigenvalue weighted by atomic mass is 16.6. The van der Waals surface area contributed by atoms with Gasteiger partial charge in [0.15, 0.2) is 11.5 Å². The first-order chi connectivity index (χ1) is 14.0. The van der Waals surface area contributed by atoms with Crippen LogP contribution in [0.15, 0.2) is 59.4 Å². The first kappa shape index (κ1) is 17.6. The van der Waals surface area contributed by atoms with Crippen LogP contribution in [0.3, 0.4) is 0 Å². The van der Waals surface area contributed by atoms with E-state index in [0.29, 0.717) is 17.0 Å². The molecular formula is C20H10N6O3. The molecule has 0 saturated carbocycles. The normalized spacial score (nSPS) is 10.4. The molecule has 4 rings (SSSR count). The van der Waals surface area contributed by atoms with E-state index >= 15 is 0 Å². The molecule has 2 heterocycles. The van der Waals surface area contributed by atoms with Gasteiger partial charge in [0.05, 0.1) is 4.92 Å². The minimum Gasteiger partial charge on any atom is -0.272 e. The van der Waals surface area contributed by atoms with E-state index in [1.165, 1.54) is 24.3 Å². The zero-order valence-electron chi connectivity index (χ0n) is 14.7. The summed E-state index contributed by atoms with van der Waals surface area (Å²) in [6.07, 6.45) is 0. The van der Waals surface area contributed by atoms with Gasteiger partial charge in [0, 0.05) is 23.3 Å². The van der Waals surface area contributed by atoms with E-state index in [4.69, 9.17) is 0 Å². The van der Waals surface area contributed by atoms with Gasteiger partial charge in [-0.05, 0) is 17.7 Å². The highest BCUT2D eigenvalue weighted by molar-refractivity contribution is 5.82. The first-order valence-corrected chi connectivity index (χ1v) is 8.34. The Balaban J connectivity index is 2.05. The number of non-ortho nitro benzene ring substituents is 1. The van der Waals surface area contributed by atoms with E-state index in [-0.39, 0.29) is 28.0 Å². The number of rotatable bonds is 3. The van der Waals surface area contributed by atoms with Crippen molar-refractivity contribution in [1.29, 1.82) is 10.5 Å². The number of benzene rings is 2. The summed E-state index contributed by atoms with van der Waals surface area (Å²) in [5.41, 5.74) is 0.177. The molecule has 0 unspecified atom stereocenters. The highest BCUT2D eigenvalue weighted by Crippen LogP contribution is 2.30. The number of pyridine rings is 1. The minimum atomic E-state index is -0.662. The van der Waals surface area contributed by atoms with Crippen molar-refractivity contribution in [2.45, 2.75) is 0 Å². The summed E-state index contributed by atoms with van der Waals surface area (Å²) < 4.78 is 1.06. The number of aromatic amines is 1. The average Bonchev–Trinajstić information content (AvgIpc) is 3.20. The maximum atomic E-state index is 12.9. The molecule has 0 saturated heterocycles. The summed E-state index contributed by atoms with van der Waals surface area (Å²) in [4.78, 5) is 27.6. The van der Waals surface area contributed by atoms with Crippen molar-refractivity contribution in [3.05, 3.63) is 86.2 Å². The minimum absolute atomic E-state index is 0.0217. The second kappa shape index (κ2) is 6.76. The van der Waals surface area contributed by atoms with Gasteiger partial charge >= 0.3 is 0 Å². The summed E-state index contributed by atoms with van der Waals surface area (Å²) >= 11 is 0. The number of nitrogens with zero attached hydrogens (tertiary/aromatic N) is 5. The summed E-state index contributed by atoms with van der Waals surface area (Å²) in [6, 6.07) is 18.2. The number of hydrogen-bond acceptors (Lipinski definition) is 6. The van der Waals surface area contributed by atoms with Gasteiger partial charge in [0.25, 0.3) is 11.2 Å². The predicted molar refractivity (Wildman–Crippen MR) is 103 cm³/mol. The number of nitro groups is 1. The van der Waals surface area contributed by atoms with Crippen LogP contribution in [-0.2, 0) is 0 Å². The van der Waals surface area contributed by atoms with Crippen LogP contribution in [-0.4, -0.2) is 19.5 Å². The standard InChI is InChI=1S/C20H10N6O3/c21-10-15-17(12-6-8-14(9-7-12)26(28)29)16(11-22)20(27)25-19(15)23-18(24-25)13-4-2-1-3-5-13/h1-9H,(H,23,24). The van der Waals surface area contributed by atoms with Crippen LogP contribution in [0.5, 0.6) is 0 Å². The average molecular weight is 382 g/mol. The predicted octanol–water partition coefficient (Wildman–Crippen LogP) is 3.01. The lowest BCUT2D eigenvalue weighted by atomic mass is 9.97. The van der Waals surface area contributed by atoms with Crippen LogP contribution < -0.4 is 5.56 Å². The quantitative estimate of drug-likeness (QED) is 0.426. The number of H-pyrrole nitrogens is 1. The van der Waals surface area contributed by atoms with Gasteiger partial charge in [0.2, 0.25) is 0 Å². The second-order valence-electron chi connectivity index (χ2n) is 6.05. The molecule has 9 heteroatoms. The SMILES string of the molecule is N#Cc1c(-c2ccc([N+](=O)[O-])cc2)c(C#N)c2nc(-c3ccccc3)[nH]n2c1=O. The monoisotopic (exact) mass is 382 g/mol. The van der Waals surface area contributed by atoms with Gasteiger partial charge in [-0.15, -0.1) is 0 Å². The molecule has 138 valence electrons. The van der Waals surface area contributed by atoms with Crippen molar-refractivity contribution in [3.63, 3.8) is 0 Å². The maximum Gasteiger partial charge on any atom is 0.289 e. The Morgan fingerprint density at radius 2 is 1.62 bits per heavy atom. The Bertz CT molecular complexity index is 1400. The number of nitriles is 2. The van der Waals surface area contributed by atoms with E-state index in [9.17, 15) is 25.4 Å². The Hall–Kier alpha value is -4.76. The largest absolute Gasteiger partial charge is 0.289 e. The Morgan fingerprint density at radius 3 is 2.21 bits per heavy atom. The first-order valence-electron chi connectivity index (χ1n) is 8.34. The highest BCUT2D eigenvalue weighted by Gasteiger charge is 2.23. The van der Waals surface area contributed by atoms with E-state index in [0.717, 1.165) is 4.52 Å². The Morgan fingerprint density at radius 1 is 0.966 bits per heavy atom. The molecule has 29 heavy (non-hydrogen) atoms. The summed E-state index contributed by atoms with van der Waals surface area (Å²) in [5.74, 6) is 0.365. The van der Waals surface area contributed by atoms with Crippen molar-refractivity contribution in [2.24, 2.45) is 0 Å². The van der Waals surface area contributed by atoms with Gasteiger partial charge < -0.3 is 0 Å². The van der Waals surface area contributed by atoms with Crippen molar-refractivity contribution >= 4 is 11.3 Å². The Labute approximate surface area is 162 Å². The molecule has 0 aliphatic heterocycles. The van der Waals surface area contributed by atoms with Gasteiger partial charge in [0.1, 0.15) is 23.3 Å². The lowest BCUT2D eigenvalue weighted by Gasteiger charge is -2.07. The third kappa shape index (κ3) is 2.80. The molecule has 0 radical (unpaired) electrons. The number of nitrogens with one attached hydrogen (secondary N) is 1. The number of aromatic nitrogens is 3. The third-order valence-corrected chi connectivity index (χ3v) is 4.43.